The Morgan fingerprint density at radius 2 is 2.00 bits per heavy atom. The largest absolute Gasteiger partial charge is 0.468 e. The maximum absolute atomic E-state index is 5.61. The fourth-order valence-corrected chi connectivity index (χ4v) is 1.54. The molecule has 1 rings (SSSR count). The fourth-order valence-electron chi connectivity index (χ4n) is 1.54. The van der Waals surface area contributed by atoms with Gasteiger partial charge in [0, 0.05) is 11.6 Å². The van der Waals surface area contributed by atoms with E-state index in [1.54, 1.807) is 6.26 Å². The summed E-state index contributed by atoms with van der Waals surface area (Å²) < 4.78 is 16.7. The first kappa shape index (κ1) is 16.2. The number of rotatable bonds is 8. The second kappa shape index (κ2) is 7.68. The molecule has 0 fully saturated rings. The first-order valence-corrected chi connectivity index (χ1v) is 6.89. The summed E-state index contributed by atoms with van der Waals surface area (Å²) in [5, 5.41) is 3.34. The lowest BCUT2D eigenvalue weighted by Crippen LogP contribution is -2.22. The first-order valence-electron chi connectivity index (χ1n) is 6.89. The van der Waals surface area contributed by atoms with E-state index < -0.39 is 0 Å². The molecular formula is C15H27NO3. The van der Waals surface area contributed by atoms with Crippen LogP contribution in [0, 0.1) is 0 Å². The summed E-state index contributed by atoms with van der Waals surface area (Å²) >= 11 is 0. The number of hydrogen-bond donors (Lipinski definition) is 1. The van der Waals surface area contributed by atoms with Crippen LogP contribution in [0.25, 0.3) is 0 Å². The van der Waals surface area contributed by atoms with Gasteiger partial charge in [0.1, 0.15) is 5.76 Å². The van der Waals surface area contributed by atoms with Crippen LogP contribution in [-0.4, -0.2) is 24.9 Å². The van der Waals surface area contributed by atoms with Crippen molar-refractivity contribution < 1.29 is 13.9 Å². The average molecular weight is 269 g/mol. The van der Waals surface area contributed by atoms with E-state index >= 15 is 0 Å². The molecule has 0 saturated heterocycles. The fraction of sp³-hybridized carbons (Fsp3) is 0.733. The number of nitrogens with one attached hydrogen (secondary N) is 1. The zero-order valence-electron chi connectivity index (χ0n) is 12.8. The SMILES string of the molecule is CC(C)NCc1occc1COCCOC(C)(C)C. The molecular weight excluding hydrogens is 242 g/mol. The van der Waals surface area contributed by atoms with Gasteiger partial charge in [-0.3, -0.25) is 0 Å². The van der Waals surface area contributed by atoms with E-state index in [9.17, 15) is 0 Å². The van der Waals surface area contributed by atoms with E-state index in [4.69, 9.17) is 13.9 Å². The van der Waals surface area contributed by atoms with Crippen molar-refractivity contribution in [2.24, 2.45) is 0 Å². The highest BCUT2D eigenvalue weighted by Crippen LogP contribution is 2.12. The Labute approximate surface area is 116 Å². The molecule has 0 amide bonds. The van der Waals surface area contributed by atoms with Gasteiger partial charge < -0.3 is 19.2 Å². The lowest BCUT2D eigenvalue weighted by atomic mass is 10.2. The second-order valence-corrected chi connectivity index (χ2v) is 5.92. The molecule has 0 bridgehead atoms. The highest BCUT2D eigenvalue weighted by Gasteiger charge is 2.10. The minimum absolute atomic E-state index is 0.106. The Bertz CT molecular complexity index is 353. The zero-order chi connectivity index (χ0) is 14.3. The van der Waals surface area contributed by atoms with Gasteiger partial charge in [0.15, 0.2) is 0 Å². The molecule has 1 aromatic rings. The van der Waals surface area contributed by atoms with E-state index in [1.165, 1.54) is 0 Å². The van der Waals surface area contributed by atoms with Gasteiger partial charge in [-0.05, 0) is 26.8 Å². The molecule has 4 heteroatoms. The molecule has 0 spiro atoms. The van der Waals surface area contributed by atoms with E-state index in [1.807, 2.05) is 26.8 Å². The van der Waals surface area contributed by atoms with Gasteiger partial charge in [-0.2, -0.15) is 0 Å². The molecule has 0 aliphatic rings. The van der Waals surface area contributed by atoms with Crippen molar-refractivity contribution >= 4 is 0 Å². The van der Waals surface area contributed by atoms with Crippen molar-refractivity contribution in [3.05, 3.63) is 23.7 Å². The third kappa shape index (κ3) is 7.35. The molecule has 19 heavy (non-hydrogen) atoms. The Kier molecular flexibility index (Phi) is 6.55. The average Bonchev–Trinajstić information content (AvgIpc) is 2.72. The van der Waals surface area contributed by atoms with Crippen LogP contribution in [0.4, 0.5) is 0 Å². The van der Waals surface area contributed by atoms with Crippen LogP contribution < -0.4 is 5.32 Å². The summed E-state index contributed by atoms with van der Waals surface area (Å²) in [5.41, 5.74) is 0.995. The van der Waals surface area contributed by atoms with Gasteiger partial charge in [0.05, 0.1) is 38.2 Å². The molecule has 0 aliphatic carbocycles. The van der Waals surface area contributed by atoms with Gasteiger partial charge in [0.25, 0.3) is 0 Å². The van der Waals surface area contributed by atoms with Crippen LogP contribution in [0.3, 0.4) is 0 Å². The van der Waals surface area contributed by atoms with Crippen molar-refractivity contribution in [3.63, 3.8) is 0 Å². The van der Waals surface area contributed by atoms with Gasteiger partial charge in [-0.25, -0.2) is 0 Å². The number of furan rings is 1. The minimum Gasteiger partial charge on any atom is -0.468 e. The molecule has 1 aromatic heterocycles. The maximum atomic E-state index is 5.61. The zero-order valence-corrected chi connectivity index (χ0v) is 12.8. The topological polar surface area (TPSA) is 43.6 Å². The van der Waals surface area contributed by atoms with Crippen LogP contribution in [0.15, 0.2) is 16.7 Å². The Morgan fingerprint density at radius 1 is 1.26 bits per heavy atom. The second-order valence-electron chi connectivity index (χ2n) is 5.92. The van der Waals surface area contributed by atoms with Crippen molar-refractivity contribution in [1.29, 1.82) is 0 Å². The van der Waals surface area contributed by atoms with Crippen LogP contribution in [0.1, 0.15) is 45.9 Å². The van der Waals surface area contributed by atoms with Gasteiger partial charge in [-0.15, -0.1) is 0 Å². The lowest BCUT2D eigenvalue weighted by Gasteiger charge is -2.19. The van der Waals surface area contributed by atoms with Crippen LogP contribution in [0.5, 0.6) is 0 Å². The Hall–Kier alpha value is -0.840. The minimum atomic E-state index is -0.106. The molecule has 0 aliphatic heterocycles. The van der Waals surface area contributed by atoms with E-state index in [0.29, 0.717) is 25.9 Å². The van der Waals surface area contributed by atoms with Crippen LogP contribution in [-0.2, 0) is 22.6 Å². The molecule has 0 atom stereocenters. The van der Waals surface area contributed by atoms with E-state index in [-0.39, 0.29) is 5.60 Å². The molecule has 0 radical (unpaired) electrons. The Morgan fingerprint density at radius 3 is 2.63 bits per heavy atom. The van der Waals surface area contributed by atoms with Crippen LogP contribution in [0.2, 0.25) is 0 Å². The standard InChI is InChI=1S/C15H27NO3/c1-12(2)16-10-14-13(6-7-18-14)11-17-8-9-19-15(3,4)5/h6-7,12,16H,8-11H2,1-5H3. The summed E-state index contributed by atoms with van der Waals surface area (Å²) in [4.78, 5) is 0. The summed E-state index contributed by atoms with van der Waals surface area (Å²) in [6.07, 6.45) is 1.71. The van der Waals surface area contributed by atoms with Gasteiger partial charge in [0.2, 0.25) is 0 Å². The number of hydrogen-bond acceptors (Lipinski definition) is 4. The van der Waals surface area contributed by atoms with Gasteiger partial charge >= 0.3 is 0 Å². The highest BCUT2D eigenvalue weighted by atomic mass is 16.5. The van der Waals surface area contributed by atoms with Gasteiger partial charge in [-0.1, -0.05) is 13.8 Å². The summed E-state index contributed by atoms with van der Waals surface area (Å²) in [7, 11) is 0. The van der Waals surface area contributed by atoms with Crippen LogP contribution >= 0.6 is 0 Å². The molecule has 1 heterocycles. The monoisotopic (exact) mass is 269 g/mol. The quantitative estimate of drug-likeness (QED) is 0.736. The molecule has 1 N–H and O–H groups in total. The van der Waals surface area contributed by atoms with E-state index in [2.05, 4.69) is 19.2 Å². The lowest BCUT2D eigenvalue weighted by molar-refractivity contribution is -0.0378. The molecule has 0 saturated carbocycles. The highest BCUT2D eigenvalue weighted by molar-refractivity contribution is 5.15. The predicted octanol–water partition coefficient (Wildman–Crippen LogP) is 3.11. The van der Waals surface area contributed by atoms with Crippen molar-refractivity contribution in [1.82, 2.24) is 5.32 Å². The van der Waals surface area contributed by atoms with E-state index in [0.717, 1.165) is 17.9 Å². The molecule has 4 nitrogen and oxygen atoms in total. The predicted molar refractivity (Wildman–Crippen MR) is 76.0 cm³/mol. The Balaban J connectivity index is 2.24. The smallest absolute Gasteiger partial charge is 0.123 e. The third-order valence-corrected chi connectivity index (χ3v) is 2.53. The van der Waals surface area contributed by atoms with Crippen molar-refractivity contribution in [2.75, 3.05) is 13.2 Å². The normalized spacial score (nSPS) is 12.3. The molecule has 110 valence electrons. The van der Waals surface area contributed by atoms with Crippen molar-refractivity contribution in [2.45, 2.75) is 59.4 Å². The summed E-state index contributed by atoms with van der Waals surface area (Å²) in [6, 6.07) is 2.40. The summed E-state index contributed by atoms with van der Waals surface area (Å²) in [6.45, 7) is 12.9. The molecule has 0 aromatic carbocycles. The third-order valence-electron chi connectivity index (χ3n) is 2.53. The molecule has 0 unspecified atom stereocenters. The first-order chi connectivity index (χ1) is 8.88. The number of ether oxygens (including phenoxy) is 2. The maximum Gasteiger partial charge on any atom is 0.123 e. The summed E-state index contributed by atoms with van der Waals surface area (Å²) in [5.74, 6) is 0.949. The van der Waals surface area contributed by atoms with Crippen molar-refractivity contribution in [3.8, 4) is 0 Å².